The Hall–Kier alpha value is -0.880. The Kier molecular flexibility index (Phi) is 2.11. The fraction of sp³-hybridized carbons (Fsp3) is 0.375. The molecule has 0 amide bonds. The summed E-state index contributed by atoms with van der Waals surface area (Å²) in [7, 11) is -3.21. The first kappa shape index (κ1) is 9.67. The van der Waals surface area contributed by atoms with E-state index in [2.05, 4.69) is 0 Å². The quantitative estimate of drug-likeness (QED) is 0.788. The molecule has 2 rings (SSSR count). The van der Waals surface area contributed by atoms with Crippen LogP contribution in [0.1, 0.15) is 21.7 Å². The van der Waals surface area contributed by atoms with Gasteiger partial charge in [0.2, 0.25) is 0 Å². The van der Waals surface area contributed by atoms with Crippen LogP contribution in [0.3, 0.4) is 0 Å². The predicted molar refractivity (Wildman–Crippen MR) is 51.7 cm³/mol. The predicted octanol–water partition coefficient (Wildman–Crippen LogP) is 1.17. The lowest BCUT2D eigenvalue weighted by atomic mass is 10.1. The zero-order valence-corrected chi connectivity index (χ0v) is 8.82. The standard InChI is InChI=1S/C8H8O4S2/c9-8(10)7-5-2-1-3-14(11,12)6(5)4-13-7/h4H,1-3H2,(H,9,10). The highest BCUT2D eigenvalue weighted by Gasteiger charge is 2.29. The normalized spacial score (nSPS) is 18.9. The maximum absolute atomic E-state index is 11.5. The second-order valence-electron chi connectivity index (χ2n) is 3.14. The number of aromatic carboxylic acids is 1. The average molecular weight is 232 g/mol. The Bertz CT molecular complexity index is 483. The minimum atomic E-state index is -3.21. The molecule has 6 heteroatoms. The largest absolute Gasteiger partial charge is 0.477 e. The minimum Gasteiger partial charge on any atom is -0.477 e. The molecule has 0 aromatic carbocycles. The molecule has 1 aliphatic heterocycles. The molecule has 0 bridgehead atoms. The topological polar surface area (TPSA) is 71.4 Å². The lowest BCUT2D eigenvalue weighted by molar-refractivity contribution is 0.0701. The van der Waals surface area contributed by atoms with Crippen LogP contribution in [-0.2, 0) is 16.3 Å². The van der Waals surface area contributed by atoms with Gasteiger partial charge < -0.3 is 5.11 Å². The Morgan fingerprint density at radius 2 is 2.21 bits per heavy atom. The number of fused-ring (bicyclic) bond motifs is 1. The van der Waals surface area contributed by atoms with Crippen LogP contribution in [-0.4, -0.2) is 25.2 Å². The van der Waals surface area contributed by atoms with Crippen LogP contribution in [0.4, 0.5) is 0 Å². The van der Waals surface area contributed by atoms with Crippen molar-refractivity contribution in [2.75, 3.05) is 5.75 Å². The Morgan fingerprint density at radius 3 is 2.86 bits per heavy atom. The van der Waals surface area contributed by atoms with Crippen molar-refractivity contribution in [2.24, 2.45) is 0 Å². The summed E-state index contributed by atoms with van der Waals surface area (Å²) in [5, 5.41) is 10.3. The third kappa shape index (κ3) is 1.34. The highest BCUT2D eigenvalue weighted by atomic mass is 32.2. The molecule has 1 aromatic rings. The second kappa shape index (κ2) is 3.06. The SMILES string of the molecule is O=C(O)c1scc2c1CCCS2(=O)=O. The third-order valence-corrected chi connectivity index (χ3v) is 5.24. The Morgan fingerprint density at radius 1 is 1.50 bits per heavy atom. The molecule has 0 saturated carbocycles. The van der Waals surface area contributed by atoms with Gasteiger partial charge in [0.25, 0.3) is 0 Å². The second-order valence-corrected chi connectivity index (χ2v) is 6.09. The van der Waals surface area contributed by atoms with Gasteiger partial charge in [0.1, 0.15) is 4.88 Å². The van der Waals surface area contributed by atoms with Crippen molar-refractivity contribution in [3.8, 4) is 0 Å². The van der Waals surface area contributed by atoms with Gasteiger partial charge in [-0.15, -0.1) is 11.3 Å². The fourth-order valence-electron chi connectivity index (χ4n) is 1.59. The van der Waals surface area contributed by atoms with Crippen molar-refractivity contribution < 1.29 is 18.3 Å². The summed E-state index contributed by atoms with van der Waals surface area (Å²) in [6.07, 6.45) is 1.08. The van der Waals surface area contributed by atoms with Crippen LogP contribution in [0.15, 0.2) is 10.3 Å². The lowest BCUT2D eigenvalue weighted by Gasteiger charge is -2.12. The molecule has 0 aliphatic carbocycles. The summed E-state index contributed by atoms with van der Waals surface area (Å²) in [5.41, 5.74) is 0.494. The molecule has 0 fully saturated rings. The van der Waals surface area contributed by atoms with Gasteiger partial charge in [-0.25, -0.2) is 13.2 Å². The molecule has 0 saturated heterocycles. The molecule has 0 radical (unpaired) electrons. The third-order valence-electron chi connectivity index (χ3n) is 2.22. The molecule has 0 unspecified atom stereocenters. The zero-order valence-electron chi connectivity index (χ0n) is 7.19. The van der Waals surface area contributed by atoms with Crippen molar-refractivity contribution in [1.29, 1.82) is 0 Å². The monoisotopic (exact) mass is 232 g/mol. The number of hydrogen-bond acceptors (Lipinski definition) is 4. The Balaban J connectivity index is 2.65. The lowest BCUT2D eigenvalue weighted by Crippen LogP contribution is -2.15. The molecule has 14 heavy (non-hydrogen) atoms. The van der Waals surface area contributed by atoms with Crippen LogP contribution in [0, 0.1) is 0 Å². The molecular formula is C8H8O4S2. The summed E-state index contributed by atoms with van der Waals surface area (Å²) in [5.74, 6) is -0.899. The summed E-state index contributed by atoms with van der Waals surface area (Å²) < 4.78 is 23.0. The van der Waals surface area contributed by atoms with E-state index in [4.69, 9.17) is 5.11 Å². The summed E-state index contributed by atoms with van der Waals surface area (Å²) >= 11 is 0.997. The van der Waals surface area contributed by atoms with E-state index in [0.29, 0.717) is 18.4 Å². The van der Waals surface area contributed by atoms with Crippen LogP contribution < -0.4 is 0 Å². The Labute approximate surface area is 85.1 Å². The molecule has 1 aromatic heterocycles. The molecule has 4 nitrogen and oxygen atoms in total. The maximum atomic E-state index is 11.5. The van der Waals surface area contributed by atoms with E-state index in [1.54, 1.807) is 0 Å². The highest BCUT2D eigenvalue weighted by Crippen LogP contribution is 2.32. The fourth-order valence-corrected chi connectivity index (χ4v) is 4.53. The molecular weight excluding hydrogens is 224 g/mol. The zero-order chi connectivity index (χ0) is 10.3. The maximum Gasteiger partial charge on any atom is 0.346 e. The number of rotatable bonds is 1. The first-order valence-corrected chi connectivity index (χ1v) is 6.62. The van der Waals surface area contributed by atoms with Gasteiger partial charge in [0.05, 0.1) is 10.6 Å². The number of carbonyl (C=O) groups is 1. The first-order valence-electron chi connectivity index (χ1n) is 4.09. The van der Waals surface area contributed by atoms with E-state index in [-0.39, 0.29) is 15.5 Å². The van der Waals surface area contributed by atoms with Gasteiger partial charge in [-0.05, 0) is 18.4 Å². The summed E-state index contributed by atoms with van der Waals surface area (Å²) in [6.45, 7) is 0. The van der Waals surface area contributed by atoms with Crippen molar-refractivity contribution in [1.82, 2.24) is 0 Å². The van der Waals surface area contributed by atoms with Gasteiger partial charge in [-0.3, -0.25) is 0 Å². The number of carboxylic acid groups (broad SMARTS) is 1. The van der Waals surface area contributed by atoms with Crippen LogP contribution in [0.5, 0.6) is 0 Å². The van der Waals surface area contributed by atoms with Crippen molar-refractivity contribution in [3.63, 3.8) is 0 Å². The first-order chi connectivity index (χ1) is 6.52. The van der Waals surface area contributed by atoms with Gasteiger partial charge >= 0.3 is 5.97 Å². The van der Waals surface area contributed by atoms with E-state index in [9.17, 15) is 13.2 Å². The van der Waals surface area contributed by atoms with Gasteiger partial charge in [-0.1, -0.05) is 0 Å². The van der Waals surface area contributed by atoms with Crippen molar-refractivity contribution >= 4 is 27.1 Å². The van der Waals surface area contributed by atoms with Gasteiger partial charge in [-0.2, -0.15) is 0 Å². The van der Waals surface area contributed by atoms with Crippen molar-refractivity contribution in [3.05, 3.63) is 15.8 Å². The molecule has 0 atom stereocenters. The van der Waals surface area contributed by atoms with Crippen LogP contribution in [0.25, 0.3) is 0 Å². The molecule has 0 spiro atoms. The summed E-state index contributed by atoms with van der Waals surface area (Å²) in [4.78, 5) is 11.2. The van der Waals surface area contributed by atoms with E-state index in [0.717, 1.165) is 11.3 Å². The molecule has 1 N–H and O–H groups in total. The van der Waals surface area contributed by atoms with Crippen molar-refractivity contribution in [2.45, 2.75) is 17.7 Å². The van der Waals surface area contributed by atoms with Gasteiger partial charge in [0.15, 0.2) is 9.84 Å². The molecule has 2 heterocycles. The molecule has 76 valence electrons. The number of thiophene rings is 1. The van der Waals surface area contributed by atoms with E-state index in [1.807, 2.05) is 0 Å². The molecule has 1 aliphatic rings. The summed E-state index contributed by atoms with van der Waals surface area (Å²) in [6, 6.07) is 0. The van der Waals surface area contributed by atoms with E-state index < -0.39 is 15.8 Å². The number of sulfone groups is 1. The number of carboxylic acids is 1. The van der Waals surface area contributed by atoms with Crippen LogP contribution >= 0.6 is 11.3 Å². The van der Waals surface area contributed by atoms with E-state index >= 15 is 0 Å². The van der Waals surface area contributed by atoms with E-state index in [1.165, 1.54) is 5.38 Å². The number of hydrogen-bond donors (Lipinski definition) is 1. The smallest absolute Gasteiger partial charge is 0.346 e. The van der Waals surface area contributed by atoms with Gasteiger partial charge in [0, 0.05) is 5.38 Å². The highest BCUT2D eigenvalue weighted by molar-refractivity contribution is 7.91. The van der Waals surface area contributed by atoms with Crippen LogP contribution in [0.2, 0.25) is 0 Å². The average Bonchev–Trinajstić information content (AvgIpc) is 2.48. The minimum absolute atomic E-state index is 0.135.